The summed E-state index contributed by atoms with van der Waals surface area (Å²) >= 11 is 0. The highest BCUT2D eigenvalue weighted by Gasteiger charge is 2.31. The van der Waals surface area contributed by atoms with Crippen LogP contribution in [0.3, 0.4) is 0 Å². The van der Waals surface area contributed by atoms with Crippen molar-refractivity contribution in [1.82, 2.24) is 4.90 Å². The number of nitrogens with zero attached hydrogens (tertiary/aromatic N) is 1. The second kappa shape index (κ2) is 5.93. The third-order valence-corrected chi connectivity index (χ3v) is 3.47. The van der Waals surface area contributed by atoms with E-state index in [1.54, 1.807) is 0 Å². The summed E-state index contributed by atoms with van der Waals surface area (Å²) in [5, 5.41) is 2.56. The molecule has 0 bridgehead atoms. The lowest BCUT2D eigenvalue weighted by atomic mass is 10.1. The number of nitrogens with two attached hydrogens (primary N) is 1. The summed E-state index contributed by atoms with van der Waals surface area (Å²) in [6.45, 7) is 2.96. The zero-order valence-electron chi connectivity index (χ0n) is 11.7. The molecule has 0 aliphatic heterocycles. The first kappa shape index (κ1) is 15.6. The van der Waals surface area contributed by atoms with E-state index in [1.165, 1.54) is 6.07 Å². The second-order valence-electron chi connectivity index (χ2n) is 5.14. The van der Waals surface area contributed by atoms with Gasteiger partial charge in [0, 0.05) is 6.04 Å². The first-order valence-corrected chi connectivity index (χ1v) is 6.82. The number of carbonyl (C=O) groups excluding carboxylic acids is 1. The standard InChI is InChI=1S/C14H18F3N3O/c1-2-20(10-4-5-10)8-13(21)19-12-6-3-9(7-11(12)18)14(15,16)17/h3,6-7,10H,2,4-5,8,18H2,1H3,(H,19,21). The average molecular weight is 301 g/mol. The van der Waals surface area contributed by atoms with Gasteiger partial charge >= 0.3 is 6.18 Å². The molecule has 1 fully saturated rings. The van der Waals surface area contributed by atoms with Gasteiger partial charge in [0.15, 0.2) is 0 Å². The third-order valence-electron chi connectivity index (χ3n) is 3.47. The number of benzene rings is 1. The number of carbonyl (C=O) groups is 1. The van der Waals surface area contributed by atoms with Crippen molar-refractivity contribution in [3.63, 3.8) is 0 Å². The molecule has 2 rings (SSSR count). The highest BCUT2D eigenvalue weighted by Crippen LogP contribution is 2.33. The predicted molar refractivity (Wildman–Crippen MR) is 74.8 cm³/mol. The summed E-state index contributed by atoms with van der Waals surface area (Å²) in [7, 11) is 0. The van der Waals surface area contributed by atoms with Crippen molar-refractivity contribution in [2.24, 2.45) is 0 Å². The number of nitrogens with one attached hydrogen (secondary N) is 1. The van der Waals surface area contributed by atoms with Crippen LogP contribution in [0.2, 0.25) is 0 Å². The van der Waals surface area contributed by atoms with E-state index in [2.05, 4.69) is 5.32 Å². The van der Waals surface area contributed by atoms with Gasteiger partial charge in [0.05, 0.1) is 23.5 Å². The van der Waals surface area contributed by atoms with Crippen LogP contribution in [0.1, 0.15) is 25.3 Å². The highest BCUT2D eigenvalue weighted by atomic mass is 19.4. The van der Waals surface area contributed by atoms with Gasteiger partial charge in [-0.15, -0.1) is 0 Å². The van der Waals surface area contributed by atoms with Crippen LogP contribution in [-0.2, 0) is 11.0 Å². The Hall–Kier alpha value is -1.76. The molecule has 4 nitrogen and oxygen atoms in total. The number of nitrogen functional groups attached to an aromatic ring is 1. The molecule has 0 spiro atoms. The van der Waals surface area contributed by atoms with Gasteiger partial charge in [0.2, 0.25) is 5.91 Å². The largest absolute Gasteiger partial charge is 0.416 e. The molecule has 1 aliphatic rings. The fourth-order valence-electron chi connectivity index (χ4n) is 2.17. The number of hydrogen-bond donors (Lipinski definition) is 2. The zero-order valence-corrected chi connectivity index (χ0v) is 11.7. The van der Waals surface area contributed by atoms with Crippen LogP contribution in [0.15, 0.2) is 18.2 Å². The van der Waals surface area contributed by atoms with E-state index in [0.29, 0.717) is 6.04 Å². The molecule has 0 aromatic heterocycles. The summed E-state index contributed by atoms with van der Waals surface area (Å²) in [6, 6.07) is 3.37. The van der Waals surface area contributed by atoms with Crippen LogP contribution < -0.4 is 11.1 Å². The first-order chi connectivity index (χ1) is 9.81. The smallest absolute Gasteiger partial charge is 0.397 e. The number of anilines is 2. The summed E-state index contributed by atoms with van der Waals surface area (Å²) < 4.78 is 37.6. The molecule has 21 heavy (non-hydrogen) atoms. The van der Waals surface area contributed by atoms with Crippen LogP contribution >= 0.6 is 0 Å². The summed E-state index contributed by atoms with van der Waals surface area (Å²) in [6.07, 6.45) is -2.27. The minimum atomic E-state index is -4.44. The summed E-state index contributed by atoms with van der Waals surface area (Å²) in [4.78, 5) is 14.0. The van der Waals surface area contributed by atoms with Gasteiger partial charge < -0.3 is 11.1 Å². The first-order valence-electron chi connectivity index (χ1n) is 6.82. The molecule has 1 saturated carbocycles. The minimum Gasteiger partial charge on any atom is -0.397 e. The maximum absolute atomic E-state index is 12.5. The number of hydrogen-bond acceptors (Lipinski definition) is 3. The Morgan fingerprint density at radius 2 is 2.10 bits per heavy atom. The maximum Gasteiger partial charge on any atom is 0.416 e. The zero-order chi connectivity index (χ0) is 15.6. The molecule has 7 heteroatoms. The van der Waals surface area contributed by atoms with Gasteiger partial charge in [-0.3, -0.25) is 9.69 Å². The molecule has 116 valence electrons. The Balaban J connectivity index is 2.00. The SMILES string of the molecule is CCN(CC(=O)Nc1ccc(C(F)(F)F)cc1N)C1CC1. The minimum absolute atomic E-state index is 0.0901. The molecule has 1 amide bonds. The topological polar surface area (TPSA) is 58.4 Å². The molecule has 1 aromatic rings. The van der Waals surface area contributed by atoms with E-state index in [-0.39, 0.29) is 23.8 Å². The van der Waals surface area contributed by atoms with Gasteiger partial charge in [-0.1, -0.05) is 6.92 Å². The van der Waals surface area contributed by atoms with Crippen molar-refractivity contribution in [2.45, 2.75) is 32.0 Å². The Labute approximate surface area is 121 Å². The molecule has 0 radical (unpaired) electrons. The monoisotopic (exact) mass is 301 g/mol. The average Bonchev–Trinajstić information content (AvgIpc) is 3.21. The van der Waals surface area contributed by atoms with Crippen LogP contribution in [0, 0.1) is 0 Å². The van der Waals surface area contributed by atoms with Gasteiger partial charge in [0.25, 0.3) is 0 Å². The van der Waals surface area contributed by atoms with E-state index < -0.39 is 11.7 Å². The number of amides is 1. The molecule has 0 heterocycles. The predicted octanol–water partition coefficient (Wildman–Crippen LogP) is 2.71. The molecular formula is C14H18F3N3O. The second-order valence-corrected chi connectivity index (χ2v) is 5.14. The number of rotatable bonds is 5. The molecule has 0 unspecified atom stereocenters. The van der Waals surface area contributed by atoms with Crippen molar-refractivity contribution in [1.29, 1.82) is 0 Å². The Morgan fingerprint density at radius 1 is 1.43 bits per heavy atom. The summed E-state index contributed by atoms with van der Waals surface area (Å²) in [5.41, 5.74) is 4.86. The van der Waals surface area contributed by atoms with Crippen LogP contribution in [0.4, 0.5) is 24.5 Å². The van der Waals surface area contributed by atoms with Crippen molar-refractivity contribution >= 4 is 17.3 Å². The lowest BCUT2D eigenvalue weighted by Gasteiger charge is -2.19. The van der Waals surface area contributed by atoms with Gasteiger partial charge in [-0.25, -0.2) is 0 Å². The fraction of sp³-hybridized carbons (Fsp3) is 0.500. The molecule has 3 N–H and O–H groups in total. The van der Waals surface area contributed by atoms with Crippen LogP contribution in [0.5, 0.6) is 0 Å². The number of halogens is 3. The van der Waals surface area contributed by atoms with E-state index in [9.17, 15) is 18.0 Å². The quantitative estimate of drug-likeness (QED) is 0.822. The molecule has 1 aliphatic carbocycles. The molecular weight excluding hydrogens is 283 g/mol. The lowest BCUT2D eigenvalue weighted by molar-refractivity contribution is -0.137. The van der Waals surface area contributed by atoms with E-state index >= 15 is 0 Å². The normalized spacial score (nSPS) is 15.3. The molecule has 1 aromatic carbocycles. The summed E-state index contributed by atoms with van der Waals surface area (Å²) in [5.74, 6) is -0.268. The van der Waals surface area contributed by atoms with E-state index in [1.807, 2.05) is 11.8 Å². The fourth-order valence-corrected chi connectivity index (χ4v) is 2.17. The third kappa shape index (κ3) is 4.10. The Kier molecular flexibility index (Phi) is 4.41. The Bertz CT molecular complexity index is 527. The van der Waals surface area contributed by atoms with Crippen molar-refractivity contribution < 1.29 is 18.0 Å². The van der Waals surface area contributed by atoms with Crippen molar-refractivity contribution in [3.8, 4) is 0 Å². The number of likely N-dealkylation sites (N-methyl/N-ethyl adjacent to an activating group) is 1. The van der Waals surface area contributed by atoms with Crippen LogP contribution in [0.25, 0.3) is 0 Å². The Morgan fingerprint density at radius 3 is 2.57 bits per heavy atom. The van der Waals surface area contributed by atoms with Crippen LogP contribution in [-0.4, -0.2) is 29.9 Å². The molecule has 0 atom stereocenters. The van der Waals surface area contributed by atoms with E-state index in [4.69, 9.17) is 5.73 Å². The maximum atomic E-state index is 12.5. The lowest BCUT2D eigenvalue weighted by Crippen LogP contribution is -2.34. The molecule has 0 saturated heterocycles. The van der Waals surface area contributed by atoms with E-state index in [0.717, 1.165) is 31.5 Å². The van der Waals surface area contributed by atoms with Gasteiger partial charge in [-0.05, 0) is 37.6 Å². The number of alkyl halides is 3. The van der Waals surface area contributed by atoms with Crippen molar-refractivity contribution in [2.75, 3.05) is 24.1 Å². The van der Waals surface area contributed by atoms with Crippen molar-refractivity contribution in [3.05, 3.63) is 23.8 Å². The van der Waals surface area contributed by atoms with Gasteiger partial charge in [-0.2, -0.15) is 13.2 Å². The highest BCUT2D eigenvalue weighted by molar-refractivity contribution is 5.95. The van der Waals surface area contributed by atoms with Gasteiger partial charge in [0.1, 0.15) is 0 Å².